The first-order valence-electron chi connectivity index (χ1n) is 9.36. The van der Waals surface area contributed by atoms with Crippen molar-refractivity contribution in [2.24, 2.45) is 0 Å². The average molecular weight is 347 g/mol. The summed E-state index contributed by atoms with van der Waals surface area (Å²) in [6, 6.07) is 18.8. The van der Waals surface area contributed by atoms with Gasteiger partial charge in [0.15, 0.2) is 0 Å². The first-order chi connectivity index (χ1) is 12.7. The zero-order chi connectivity index (χ0) is 17.9. The molecule has 26 heavy (non-hydrogen) atoms. The van der Waals surface area contributed by atoms with Gasteiger partial charge in [0.2, 0.25) is 5.91 Å². The van der Waals surface area contributed by atoms with Crippen molar-refractivity contribution in [1.82, 2.24) is 9.47 Å². The number of anilines is 1. The van der Waals surface area contributed by atoms with Crippen LogP contribution in [0.1, 0.15) is 24.0 Å². The second kappa shape index (κ2) is 7.34. The van der Waals surface area contributed by atoms with Crippen LogP contribution in [-0.4, -0.2) is 35.0 Å². The van der Waals surface area contributed by atoms with Crippen LogP contribution in [-0.2, 0) is 11.3 Å². The maximum Gasteiger partial charge on any atom is 0.239 e. The van der Waals surface area contributed by atoms with E-state index in [1.807, 2.05) is 6.07 Å². The van der Waals surface area contributed by atoms with Gasteiger partial charge in [0, 0.05) is 11.9 Å². The lowest BCUT2D eigenvalue weighted by Crippen LogP contribution is -2.31. The van der Waals surface area contributed by atoms with Gasteiger partial charge in [-0.2, -0.15) is 0 Å². The Balaban J connectivity index is 1.66. The van der Waals surface area contributed by atoms with E-state index in [9.17, 15) is 4.79 Å². The number of nitrogens with one attached hydrogen (secondary N) is 1. The molecule has 0 saturated carbocycles. The third kappa shape index (κ3) is 3.37. The smallest absolute Gasteiger partial charge is 0.239 e. The van der Waals surface area contributed by atoms with E-state index in [0.29, 0.717) is 6.54 Å². The summed E-state index contributed by atoms with van der Waals surface area (Å²) in [5.41, 5.74) is 3.51. The number of nitrogens with zero attached hydrogens (tertiary/aromatic N) is 2. The van der Waals surface area contributed by atoms with Crippen molar-refractivity contribution in [3.63, 3.8) is 0 Å². The number of hydrogen-bond acceptors (Lipinski definition) is 2. The number of carbonyl (C=O) groups excluding carboxylic acids is 1. The van der Waals surface area contributed by atoms with Gasteiger partial charge in [-0.15, -0.1) is 0 Å². The molecule has 1 aromatic heterocycles. The first-order valence-corrected chi connectivity index (χ1v) is 9.36. The molecule has 4 nitrogen and oxygen atoms in total. The highest BCUT2D eigenvalue weighted by Crippen LogP contribution is 2.30. The predicted octanol–water partition coefficient (Wildman–Crippen LogP) is 4.03. The summed E-state index contributed by atoms with van der Waals surface area (Å²) in [6.45, 7) is 5.37. The first kappa shape index (κ1) is 16.9. The molecule has 1 aliphatic rings. The van der Waals surface area contributed by atoms with E-state index >= 15 is 0 Å². The van der Waals surface area contributed by atoms with Gasteiger partial charge in [0.25, 0.3) is 0 Å². The van der Waals surface area contributed by atoms with E-state index in [4.69, 9.17) is 0 Å². The maximum absolute atomic E-state index is 12.6. The van der Waals surface area contributed by atoms with Gasteiger partial charge in [-0.1, -0.05) is 48.5 Å². The monoisotopic (exact) mass is 347 g/mol. The second-order valence-electron chi connectivity index (χ2n) is 7.09. The maximum atomic E-state index is 12.6. The van der Waals surface area contributed by atoms with E-state index in [-0.39, 0.29) is 5.91 Å². The quantitative estimate of drug-likeness (QED) is 0.756. The van der Waals surface area contributed by atoms with Crippen LogP contribution in [0.5, 0.6) is 0 Å². The molecule has 1 fully saturated rings. The Morgan fingerprint density at radius 1 is 1.00 bits per heavy atom. The molecule has 1 saturated heterocycles. The SMILES string of the molecule is Cc1c(NC(=O)CN2CCCC2)n(Cc2ccccc2)c2ccccc12. The zero-order valence-corrected chi connectivity index (χ0v) is 15.2. The Morgan fingerprint density at radius 2 is 1.69 bits per heavy atom. The summed E-state index contributed by atoms with van der Waals surface area (Å²) >= 11 is 0. The summed E-state index contributed by atoms with van der Waals surface area (Å²) in [7, 11) is 0. The molecular weight excluding hydrogens is 322 g/mol. The molecule has 3 aromatic rings. The number of hydrogen-bond donors (Lipinski definition) is 1. The van der Waals surface area contributed by atoms with E-state index in [1.165, 1.54) is 23.8 Å². The van der Waals surface area contributed by atoms with Crippen LogP contribution < -0.4 is 5.32 Å². The fraction of sp³-hybridized carbons (Fsp3) is 0.318. The summed E-state index contributed by atoms with van der Waals surface area (Å²) in [5.74, 6) is 0.992. The van der Waals surface area contributed by atoms with Crippen molar-refractivity contribution in [3.8, 4) is 0 Å². The predicted molar refractivity (Wildman–Crippen MR) is 107 cm³/mol. The molecule has 2 heterocycles. The molecular formula is C22H25N3O. The third-order valence-corrected chi connectivity index (χ3v) is 5.23. The van der Waals surface area contributed by atoms with Crippen LogP contribution in [0.3, 0.4) is 0 Å². The number of amides is 1. The number of aryl methyl sites for hydroxylation is 1. The molecule has 0 spiro atoms. The van der Waals surface area contributed by atoms with Gasteiger partial charge in [0.1, 0.15) is 5.82 Å². The molecule has 0 radical (unpaired) electrons. The van der Waals surface area contributed by atoms with Gasteiger partial charge >= 0.3 is 0 Å². The van der Waals surface area contributed by atoms with Crippen LogP contribution >= 0.6 is 0 Å². The molecule has 0 aliphatic carbocycles. The Bertz CT molecular complexity index is 908. The van der Waals surface area contributed by atoms with Gasteiger partial charge in [0.05, 0.1) is 12.1 Å². The number of carbonyl (C=O) groups is 1. The topological polar surface area (TPSA) is 37.3 Å². The van der Waals surface area contributed by atoms with E-state index in [1.54, 1.807) is 0 Å². The van der Waals surface area contributed by atoms with Crippen molar-refractivity contribution in [3.05, 3.63) is 65.7 Å². The van der Waals surface area contributed by atoms with Crippen LogP contribution in [0.15, 0.2) is 54.6 Å². The van der Waals surface area contributed by atoms with Gasteiger partial charge < -0.3 is 9.88 Å². The average Bonchev–Trinajstić information content (AvgIpc) is 3.25. The highest BCUT2D eigenvalue weighted by molar-refractivity contribution is 5.98. The summed E-state index contributed by atoms with van der Waals surface area (Å²) < 4.78 is 2.22. The standard InChI is InChI=1S/C22H25N3O/c1-17-19-11-5-6-12-20(19)25(15-18-9-3-2-4-10-18)22(17)23-21(26)16-24-13-7-8-14-24/h2-6,9-12H,7-8,13-16H2,1H3,(H,23,26). The van der Waals surface area contributed by atoms with E-state index in [2.05, 4.69) is 70.2 Å². The minimum atomic E-state index is 0.0760. The highest BCUT2D eigenvalue weighted by Gasteiger charge is 2.19. The van der Waals surface area contributed by atoms with E-state index < -0.39 is 0 Å². The number of benzene rings is 2. The molecule has 2 aromatic carbocycles. The largest absolute Gasteiger partial charge is 0.323 e. The Labute approximate surface area is 154 Å². The van der Waals surface area contributed by atoms with Crippen molar-refractivity contribution in [1.29, 1.82) is 0 Å². The fourth-order valence-electron chi connectivity index (χ4n) is 3.88. The molecule has 1 aliphatic heterocycles. The number of aromatic nitrogens is 1. The van der Waals surface area contributed by atoms with Gasteiger partial charge in [-0.3, -0.25) is 9.69 Å². The third-order valence-electron chi connectivity index (χ3n) is 5.23. The second-order valence-corrected chi connectivity index (χ2v) is 7.09. The highest BCUT2D eigenvalue weighted by atomic mass is 16.2. The lowest BCUT2D eigenvalue weighted by Gasteiger charge is -2.16. The number of para-hydroxylation sites is 1. The van der Waals surface area contributed by atoms with Crippen molar-refractivity contribution in [2.45, 2.75) is 26.3 Å². The molecule has 0 bridgehead atoms. The molecule has 4 heteroatoms. The molecule has 4 rings (SSSR count). The molecule has 134 valence electrons. The Kier molecular flexibility index (Phi) is 4.76. The molecule has 0 unspecified atom stereocenters. The normalized spacial score (nSPS) is 14.8. The number of fused-ring (bicyclic) bond motifs is 1. The zero-order valence-electron chi connectivity index (χ0n) is 15.2. The van der Waals surface area contributed by atoms with Crippen molar-refractivity contribution < 1.29 is 4.79 Å². The number of likely N-dealkylation sites (tertiary alicyclic amines) is 1. The summed E-state index contributed by atoms with van der Waals surface area (Å²) in [5, 5.41) is 4.39. The molecule has 0 atom stereocenters. The summed E-state index contributed by atoms with van der Waals surface area (Å²) in [6.07, 6.45) is 2.39. The van der Waals surface area contributed by atoms with Gasteiger partial charge in [-0.05, 0) is 50.0 Å². The number of rotatable bonds is 5. The molecule has 1 N–H and O–H groups in total. The van der Waals surface area contributed by atoms with Crippen LogP contribution in [0.25, 0.3) is 10.9 Å². The fourth-order valence-corrected chi connectivity index (χ4v) is 3.88. The lowest BCUT2D eigenvalue weighted by molar-refractivity contribution is -0.117. The van der Waals surface area contributed by atoms with Crippen LogP contribution in [0, 0.1) is 6.92 Å². The molecule has 1 amide bonds. The van der Waals surface area contributed by atoms with Gasteiger partial charge in [-0.25, -0.2) is 0 Å². The Morgan fingerprint density at radius 3 is 2.46 bits per heavy atom. The minimum Gasteiger partial charge on any atom is -0.323 e. The van der Waals surface area contributed by atoms with Crippen molar-refractivity contribution in [2.75, 3.05) is 25.0 Å². The summed E-state index contributed by atoms with van der Waals surface area (Å²) in [4.78, 5) is 14.9. The Hall–Kier alpha value is -2.59. The van der Waals surface area contributed by atoms with E-state index in [0.717, 1.165) is 36.5 Å². The van der Waals surface area contributed by atoms with Crippen molar-refractivity contribution >= 4 is 22.6 Å². The van der Waals surface area contributed by atoms with Crippen LogP contribution in [0.4, 0.5) is 5.82 Å². The van der Waals surface area contributed by atoms with Crippen LogP contribution in [0.2, 0.25) is 0 Å². The minimum absolute atomic E-state index is 0.0760. The lowest BCUT2D eigenvalue weighted by atomic mass is 10.2.